The van der Waals surface area contributed by atoms with Crippen LogP contribution in [0.4, 0.5) is 0 Å². The van der Waals surface area contributed by atoms with Gasteiger partial charge in [0.1, 0.15) is 10.0 Å². The van der Waals surface area contributed by atoms with Crippen LogP contribution in [0.25, 0.3) is 21.8 Å². The number of rotatable bonds is 6. The largest absolute Gasteiger partial charge is 0.293 e. The van der Waals surface area contributed by atoms with E-state index < -0.39 is 0 Å². The molecule has 2 aromatic carbocycles. The Kier molecular flexibility index (Phi) is 6.11. The summed E-state index contributed by atoms with van der Waals surface area (Å²) < 4.78 is 0. The second-order valence-corrected chi connectivity index (χ2v) is 9.06. The lowest BCUT2D eigenvalue weighted by atomic mass is 10.1. The number of aryl methyl sites for hydroxylation is 3. The number of nitrogens with zero attached hydrogens (tertiary/aromatic N) is 2. The van der Waals surface area contributed by atoms with Gasteiger partial charge in [-0.05, 0) is 32.4 Å². The zero-order valence-electron chi connectivity index (χ0n) is 17.2. The fourth-order valence-electron chi connectivity index (χ4n) is 3.25. The summed E-state index contributed by atoms with van der Waals surface area (Å²) >= 11 is 3.10. The van der Waals surface area contributed by atoms with E-state index in [2.05, 4.69) is 30.5 Å². The summed E-state index contributed by atoms with van der Waals surface area (Å²) in [5.41, 5.74) is 7.04. The predicted octanol–water partition coefficient (Wildman–Crippen LogP) is 6.77. The van der Waals surface area contributed by atoms with Crippen molar-refractivity contribution >= 4 is 28.9 Å². The SMILES string of the molecule is Cc1ccc(C(=O)CSc2nc(C)cc(C)c2-c2nc(-c3ccccc3)cs2)cc1. The van der Waals surface area contributed by atoms with Crippen molar-refractivity contribution < 1.29 is 4.79 Å². The Hall–Kier alpha value is -2.76. The van der Waals surface area contributed by atoms with E-state index in [4.69, 9.17) is 9.97 Å². The predicted molar refractivity (Wildman–Crippen MR) is 126 cm³/mol. The zero-order valence-corrected chi connectivity index (χ0v) is 18.8. The van der Waals surface area contributed by atoms with E-state index in [-0.39, 0.29) is 5.78 Å². The number of hydrogen-bond acceptors (Lipinski definition) is 5. The first-order valence-electron chi connectivity index (χ1n) is 9.73. The van der Waals surface area contributed by atoms with Gasteiger partial charge in [-0.1, -0.05) is 71.9 Å². The van der Waals surface area contributed by atoms with E-state index in [9.17, 15) is 4.79 Å². The molecular formula is C25H22N2OS2. The maximum Gasteiger partial charge on any atom is 0.173 e. The molecule has 30 heavy (non-hydrogen) atoms. The molecule has 150 valence electrons. The number of Topliss-reactive ketones (excluding diaryl/α,β-unsaturated/α-hetero) is 1. The van der Waals surface area contributed by atoms with Crippen LogP contribution in [0.15, 0.2) is 71.1 Å². The summed E-state index contributed by atoms with van der Waals surface area (Å²) in [5.74, 6) is 0.457. The lowest BCUT2D eigenvalue weighted by Gasteiger charge is -2.11. The lowest BCUT2D eigenvalue weighted by molar-refractivity contribution is 0.102. The maximum absolute atomic E-state index is 12.7. The summed E-state index contributed by atoms with van der Waals surface area (Å²) in [4.78, 5) is 22.3. The molecule has 0 radical (unpaired) electrons. The Bertz CT molecular complexity index is 1180. The minimum absolute atomic E-state index is 0.107. The van der Waals surface area contributed by atoms with Crippen molar-refractivity contribution in [3.8, 4) is 21.8 Å². The molecular weight excluding hydrogens is 408 g/mol. The zero-order chi connectivity index (χ0) is 21.1. The minimum atomic E-state index is 0.107. The van der Waals surface area contributed by atoms with Crippen molar-refractivity contribution in [1.29, 1.82) is 0 Å². The van der Waals surface area contributed by atoms with Crippen LogP contribution in [-0.2, 0) is 0 Å². The normalized spacial score (nSPS) is 10.9. The van der Waals surface area contributed by atoms with Crippen LogP contribution in [0, 0.1) is 20.8 Å². The second-order valence-electron chi connectivity index (χ2n) is 7.24. The fourth-order valence-corrected chi connectivity index (χ4v) is 5.30. The summed E-state index contributed by atoms with van der Waals surface area (Å²) in [5, 5.41) is 3.88. The Morgan fingerprint density at radius 2 is 1.70 bits per heavy atom. The molecule has 5 heteroatoms. The third-order valence-electron chi connectivity index (χ3n) is 4.81. The molecule has 3 nitrogen and oxygen atoms in total. The van der Waals surface area contributed by atoms with Crippen LogP contribution in [0.1, 0.15) is 27.2 Å². The maximum atomic E-state index is 12.7. The molecule has 0 unspecified atom stereocenters. The molecule has 0 amide bonds. The minimum Gasteiger partial charge on any atom is -0.293 e. The number of carbonyl (C=O) groups excluding carboxylic acids is 1. The molecule has 0 atom stereocenters. The molecule has 0 saturated carbocycles. The van der Waals surface area contributed by atoms with Gasteiger partial charge >= 0.3 is 0 Å². The molecule has 0 aliphatic carbocycles. The van der Waals surface area contributed by atoms with E-state index in [1.807, 2.05) is 56.3 Å². The monoisotopic (exact) mass is 430 g/mol. The van der Waals surface area contributed by atoms with Gasteiger partial charge in [0.05, 0.1) is 11.4 Å². The van der Waals surface area contributed by atoms with Gasteiger partial charge in [0.15, 0.2) is 5.78 Å². The van der Waals surface area contributed by atoms with Crippen molar-refractivity contribution in [2.24, 2.45) is 0 Å². The molecule has 0 aliphatic rings. The highest BCUT2D eigenvalue weighted by molar-refractivity contribution is 8.00. The molecule has 4 aromatic rings. The van der Waals surface area contributed by atoms with Crippen LogP contribution in [-0.4, -0.2) is 21.5 Å². The molecule has 0 bridgehead atoms. The van der Waals surface area contributed by atoms with E-state index in [0.717, 1.165) is 49.2 Å². The molecule has 4 rings (SSSR count). The Morgan fingerprint density at radius 3 is 2.43 bits per heavy atom. The van der Waals surface area contributed by atoms with E-state index in [1.54, 1.807) is 11.3 Å². The third-order valence-corrected chi connectivity index (χ3v) is 6.65. The van der Waals surface area contributed by atoms with Gasteiger partial charge in [0.25, 0.3) is 0 Å². The van der Waals surface area contributed by atoms with Crippen molar-refractivity contribution in [2.75, 3.05) is 5.75 Å². The van der Waals surface area contributed by atoms with Gasteiger partial charge in [0, 0.05) is 27.8 Å². The Balaban J connectivity index is 1.62. The fraction of sp³-hybridized carbons (Fsp3) is 0.160. The van der Waals surface area contributed by atoms with Gasteiger partial charge in [-0.15, -0.1) is 11.3 Å². The van der Waals surface area contributed by atoms with Crippen LogP contribution < -0.4 is 0 Å². The van der Waals surface area contributed by atoms with E-state index in [1.165, 1.54) is 11.8 Å². The van der Waals surface area contributed by atoms with Crippen molar-refractivity contribution in [2.45, 2.75) is 25.8 Å². The van der Waals surface area contributed by atoms with Gasteiger partial charge in [0.2, 0.25) is 0 Å². The highest BCUT2D eigenvalue weighted by Gasteiger charge is 2.17. The molecule has 0 N–H and O–H groups in total. The highest BCUT2D eigenvalue weighted by Crippen LogP contribution is 2.37. The number of thiazole rings is 1. The first-order valence-corrected chi connectivity index (χ1v) is 11.6. The van der Waals surface area contributed by atoms with E-state index in [0.29, 0.717) is 5.75 Å². The van der Waals surface area contributed by atoms with Crippen molar-refractivity contribution in [3.63, 3.8) is 0 Å². The number of thioether (sulfide) groups is 1. The standard InChI is InChI=1S/C25H22N2OS2/c1-16-9-11-20(12-10-16)22(28)15-30-24-23(17(2)13-18(3)26-24)25-27-21(14-29-25)19-7-5-4-6-8-19/h4-14H,15H2,1-3H3. The Labute approximate surface area is 185 Å². The average molecular weight is 431 g/mol. The Morgan fingerprint density at radius 1 is 0.967 bits per heavy atom. The van der Waals surface area contributed by atoms with Gasteiger partial charge in [-0.2, -0.15) is 0 Å². The summed E-state index contributed by atoms with van der Waals surface area (Å²) in [7, 11) is 0. The highest BCUT2D eigenvalue weighted by atomic mass is 32.2. The number of hydrogen-bond donors (Lipinski definition) is 0. The number of benzene rings is 2. The van der Waals surface area contributed by atoms with Gasteiger partial charge < -0.3 is 0 Å². The van der Waals surface area contributed by atoms with Gasteiger partial charge in [-0.25, -0.2) is 9.97 Å². The van der Waals surface area contributed by atoms with Crippen LogP contribution in [0.3, 0.4) is 0 Å². The molecule has 0 aliphatic heterocycles. The average Bonchev–Trinajstić information content (AvgIpc) is 3.22. The third kappa shape index (κ3) is 4.53. The number of aromatic nitrogens is 2. The number of pyridine rings is 1. The van der Waals surface area contributed by atoms with Crippen LogP contribution in [0.2, 0.25) is 0 Å². The van der Waals surface area contributed by atoms with Crippen molar-refractivity contribution in [3.05, 3.63) is 88.4 Å². The summed E-state index contributed by atoms with van der Waals surface area (Å²) in [6.45, 7) is 6.09. The smallest absolute Gasteiger partial charge is 0.173 e. The van der Waals surface area contributed by atoms with E-state index >= 15 is 0 Å². The molecule has 0 saturated heterocycles. The van der Waals surface area contributed by atoms with Gasteiger partial charge in [-0.3, -0.25) is 4.79 Å². The van der Waals surface area contributed by atoms with Crippen molar-refractivity contribution in [1.82, 2.24) is 9.97 Å². The number of carbonyl (C=O) groups is 1. The van der Waals surface area contributed by atoms with Crippen LogP contribution in [0.5, 0.6) is 0 Å². The lowest BCUT2D eigenvalue weighted by Crippen LogP contribution is -2.04. The first-order chi connectivity index (χ1) is 14.5. The molecule has 0 spiro atoms. The molecule has 0 fully saturated rings. The topological polar surface area (TPSA) is 42.9 Å². The first kappa shape index (κ1) is 20.5. The summed E-state index contributed by atoms with van der Waals surface area (Å²) in [6.07, 6.45) is 0. The van der Waals surface area contributed by atoms with Crippen LogP contribution >= 0.6 is 23.1 Å². The second kappa shape index (κ2) is 8.94. The molecule has 2 aromatic heterocycles. The number of ketones is 1. The molecule has 2 heterocycles. The summed E-state index contributed by atoms with van der Waals surface area (Å²) in [6, 6.07) is 20.0. The quantitative estimate of drug-likeness (QED) is 0.250.